The summed E-state index contributed by atoms with van der Waals surface area (Å²) < 4.78 is 0. The lowest BCUT2D eigenvalue weighted by molar-refractivity contribution is -0.148. The third-order valence-electron chi connectivity index (χ3n) is 6.03. The van der Waals surface area contributed by atoms with Crippen LogP contribution in [0, 0.1) is 29.1 Å². The fourth-order valence-corrected chi connectivity index (χ4v) is 5.32. The first kappa shape index (κ1) is 14.1. The summed E-state index contributed by atoms with van der Waals surface area (Å²) in [6.45, 7) is 0. The van der Waals surface area contributed by atoms with Crippen LogP contribution in [0.4, 0.5) is 5.69 Å². The van der Waals surface area contributed by atoms with E-state index in [9.17, 15) is 14.7 Å². The number of aliphatic carboxylic acids is 1. The fourth-order valence-electron chi connectivity index (χ4n) is 5.13. The first-order chi connectivity index (χ1) is 10.5. The Hall–Kier alpha value is -1.55. The summed E-state index contributed by atoms with van der Waals surface area (Å²) in [5.74, 6) is -1.49. The SMILES string of the molecule is O=C(O)C1C(C(=O)Nc2cccc(Cl)c2)C2CCC1C21CC1. The van der Waals surface area contributed by atoms with E-state index in [0.717, 1.165) is 25.7 Å². The smallest absolute Gasteiger partial charge is 0.307 e. The van der Waals surface area contributed by atoms with Gasteiger partial charge in [0.25, 0.3) is 0 Å². The van der Waals surface area contributed by atoms with Crippen molar-refractivity contribution in [2.45, 2.75) is 25.7 Å². The van der Waals surface area contributed by atoms with Crippen LogP contribution in [0.15, 0.2) is 24.3 Å². The van der Waals surface area contributed by atoms with E-state index < -0.39 is 17.8 Å². The van der Waals surface area contributed by atoms with Gasteiger partial charge in [-0.25, -0.2) is 0 Å². The van der Waals surface area contributed by atoms with Gasteiger partial charge in [0.05, 0.1) is 11.8 Å². The highest BCUT2D eigenvalue weighted by Crippen LogP contribution is 2.74. The second-order valence-electron chi connectivity index (χ2n) is 6.91. The molecule has 1 aromatic carbocycles. The summed E-state index contributed by atoms with van der Waals surface area (Å²) in [6, 6.07) is 6.98. The summed E-state index contributed by atoms with van der Waals surface area (Å²) in [5.41, 5.74) is 0.786. The van der Waals surface area contributed by atoms with Crippen LogP contribution >= 0.6 is 11.6 Å². The van der Waals surface area contributed by atoms with Gasteiger partial charge in [0.1, 0.15) is 0 Å². The summed E-state index contributed by atoms with van der Waals surface area (Å²) in [5, 5.41) is 13.1. The van der Waals surface area contributed by atoms with Gasteiger partial charge in [-0.05, 0) is 61.1 Å². The Morgan fingerprint density at radius 3 is 2.45 bits per heavy atom. The zero-order valence-electron chi connectivity index (χ0n) is 12.1. The average Bonchev–Trinajstić information content (AvgIpc) is 3.12. The molecule has 4 nitrogen and oxygen atoms in total. The number of carboxylic acid groups (broad SMARTS) is 1. The van der Waals surface area contributed by atoms with Gasteiger partial charge in [0, 0.05) is 10.7 Å². The standard InChI is InChI=1S/C17H18ClNO3/c18-9-2-1-3-10(8-9)19-15(20)13-11-4-5-12(14(13)16(21)22)17(11)6-7-17/h1-3,8,11-14H,4-7H2,(H,19,20)(H,21,22). The minimum atomic E-state index is -0.815. The van der Waals surface area contributed by atoms with Crippen LogP contribution in [0.25, 0.3) is 0 Å². The molecule has 3 aliphatic carbocycles. The highest BCUT2D eigenvalue weighted by Gasteiger charge is 2.71. The molecular formula is C17H18ClNO3. The molecule has 0 heterocycles. The van der Waals surface area contributed by atoms with Crippen LogP contribution in [0.5, 0.6) is 0 Å². The Kier molecular flexibility index (Phi) is 3.02. The van der Waals surface area contributed by atoms with Gasteiger partial charge in [0.2, 0.25) is 5.91 Å². The third kappa shape index (κ3) is 1.89. The first-order valence-electron chi connectivity index (χ1n) is 7.82. The van der Waals surface area contributed by atoms with Gasteiger partial charge in [-0.1, -0.05) is 17.7 Å². The largest absolute Gasteiger partial charge is 0.481 e. The molecule has 2 bridgehead atoms. The second kappa shape index (κ2) is 4.72. The topological polar surface area (TPSA) is 66.4 Å². The molecule has 0 aliphatic heterocycles. The van der Waals surface area contributed by atoms with E-state index in [-0.39, 0.29) is 23.2 Å². The number of anilines is 1. The van der Waals surface area contributed by atoms with Gasteiger partial charge in [-0.2, -0.15) is 0 Å². The molecule has 3 aliphatic rings. The number of rotatable bonds is 3. The van der Waals surface area contributed by atoms with Crippen LogP contribution < -0.4 is 5.32 Å². The van der Waals surface area contributed by atoms with Gasteiger partial charge >= 0.3 is 5.97 Å². The lowest BCUT2D eigenvalue weighted by atomic mass is 9.78. The highest BCUT2D eigenvalue weighted by molar-refractivity contribution is 6.30. The molecule has 3 fully saturated rings. The number of carbonyl (C=O) groups excluding carboxylic acids is 1. The van der Waals surface area contributed by atoms with Gasteiger partial charge in [-0.15, -0.1) is 0 Å². The van der Waals surface area contributed by atoms with Crippen molar-refractivity contribution in [2.75, 3.05) is 5.32 Å². The van der Waals surface area contributed by atoms with Crippen LogP contribution in [0.1, 0.15) is 25.7 Å². The van der Waals surface area contributed by atoms with E-state index in [4.69, 9.17) is 11.6 Å². The Balaban J connectivity index is 1.60. The van der Waals surface area contributed by atoms with Crippen molar-refractivity contribution < 1.29 is 14.7 Å². The maximum absolute atomic E-state index is 12.7. The molecule has 0 saturated heterocycles. The molecule has 4 unspecified atom stereocenters. The van der Waals surface area contributed by atoms with E-state index >= 15 is 0 Å². The van der Waals surface area contributed by atoms with Crippen molar-refractivity contribution in [1.82, 2.24) is 0 Å². The fraction of sp³-hybridized carbons (Fsp3) is 0.529. The molecule has 116 valence electrons. The molecule has 5 heteroatoms. The molecule has 4 atom stereocenters. The Morgan fingerprint density at radius 2 is 1.86 bits per heavy atom. The number of hydrogen-bond donors (Lipinski definition) is 2. The molecular weight excluding hydrogens is 302 g/mol. The quantitative estimate of drug-likeness (QED) is 0.897. The Bertz CT molecular complexity index is 655. The number of nitrogens with one attached hydrogen (secondary N) is 1. The zero-order chi connectivity index (χ0) is 15.5. The average molecular weight is 320 g/mol. The normalized spacial score (nSPS) is 33.9. The molecule has 1 aromatic rings. The number of carboxylic acids is 1. The van der Waals surface area contributed by atoms with Crippen LogP contribution in [0.2, 0.25) is 5.02 Å². The molecule has 22 heavy (non-hydrogen) atoms. The lowest BCUT2D eigenvalue weighted by Crippen LogP contribution is -2.37. The monoisotopic (exact) mass is 319 g/mol. The van der Waals surface area contributed by atoms with Gasteiger partial charge in [0.15, 0.2) is 0 Å². The number of benzene rings is 1. The van der Waals surface area contributed by atoms with Gasteiger partial charge < -0.3 is 10.4 Å². The number of amides is 1. The molecule has 0 radical (unpaired) electrons. The highest BCUT2D eigenvalue weighted by atomic mass is 35.5. The van der Waals surface area contributed by atoms with Crippen LogP contribution in [-0.4, -0.2) is 17.0 Å². The second-order valence-corrected chi connectivity index (χ2v) is 7.35. The predicted molar refractivity (Wildman–Crippen MR) is 82.6 cm³/mol. The molecule has 4 rings (SSSR count). The summed E-state index contributed by atoms with van der Waals surface area (Å²) in [6.07, 6.45) is 4.13. The van der Waals surface area contributed by atoms with Gasteiger partial charge in [-0.3, -0.25) is 9.59 Å². The minimum Gasteiger partial charge on any atom is -0.481 e. The van der Waals surface area contributed by atoms with Crippen molar-refractivity contribution in [3.8, 4) is 0 Å². The van der Waals surface area contributed by atoms with Crippen molar-refractivity contribution in [3.05, 3.63) is 29.3 Å². The summed E-state index contributed by atoms with van der Waals surface area (Å²) >= 11 is 5.94. The lowest BCUT2D eigenvalue weighted by Gasteiger charge is -2.26. The molecule has 1 amide bonds. The number of hydrogen-bond acceptors (Lipinski definition) is 2. The van der Waals surface area contributed by atoms with Crippen LogP contribution in [0.3, 0.4) is 0 Å². The van der Waals surface area contributed by atoms with Crippen molar-refractivity contribution in [3.63, 3.8) is 0 Å². The Morgan fingerprint density at radius 1 is 1.18 bits per heavy atom. The van der Waals surface area contributed by atoms with Crippen molar-refractivity contribution >= 4 is 29.2 Å². The van der Waals surface area contributed by atoms with E-state index in [1.54, 1.807) is 24.3 Å². The minimum absolute atomic E-state index is 0.152. The van der Waals surface area contributed by atoms with E-state index in [1.165, 1.54) is 0 Å². The number of halogens is 1. The third-order valence-corrected chi connectivity index (χ3v) is 6.26. The molecule has 0 aromatic heterocycles. The predicted octanol–water partition coefficient (Wildman–Crippen LogP) is 3.42. The summed E-state index contributed by atoms with van der Waals surface area (Å²) in [7, 11) is 0. The maximum Gasteiger partial charge on any atom is 0.307 e. The Labute approximate surface area is 133 Å². The van der Waals surface area contributed by atoms with E-state index in [2.05, 4.69) is 5.32 Å². The molecule has 2 N–H and O–H groups in total. The van der Waals surface area contributed by atoms with E-state index in [1.807, 2.05) is 0 Å². The first-order valence-corrected chi connectivity index (χ1v) is 8.20. The maximum atomic E-state index is 12.7. The number of carbonyl (C=O) groups is 2. The van der Waals surface area contributed by atoms with Crippen LogP contribution in [-0.2, 0) is 9.59 Å². The molecule has 3 saturated carbocycles. The van der Waals surface area contributed by atoms with E-state index in [0.29, 0.717) is 10.7 Å². The zero-order valence-corrected chi connectivity index (χ0v) is 12.8. The summed E-state index contributed by atoms with van der Waals surface area (Å²) in [4.78, 5) is 24.5. The van der Waals surface area contributed by atoms with Crippen molar-refractivity contribution in [1.29, 1.82) is 0 Å². The van der Waals surface area contributed by atoms with Crippen molar-refractivity contribution in [2.24, 2.45) is 29.1 Å². The molecule has 1 spiro atoms.